The maximum absolute atomic E-state index is 14.4. The highest BCUT2D eigenvalue weighted by Crippen LogP contribution is 2.33. The number of halogens is 1. The molecule has 0 aliphatic rings. The fraction of sp³-hybridized carbons (Fsp3) is 0.207. The largest absolute Gasteiger partial charge is 0.491 e. The van der Waals surface area contributed by atoms with E-state index in [0.717, 1.165) is 22.8 Å². The van der Waals surface area contributed by atoms with E-state index in [1.54, 1.807) is 6.07 Å². The molecule has 1 amide bonds. The maximum atomic E-state index is 14.4. The van der Waals surface area contributed by atoms with Crippen LogP contribution in [-0.4, -0.2) is 30.4 Å². The van der Waals surface area contributed by atoms with E-state index in [2.05, 4.69) is 9.97 Å². The summed E-state index contributed by atoms with van der Waals surface area (Å²) >= 11 is 0. The molecule has 9 nitrogen and oxygen atoms in total. The molecule has 0 saturated heterocycles. The number of carbonyl (C=O) groups is 1. The van der Waals surface area contributed by atoms with Gasteiger partial charge in [0.15, 0.2) is 4.90 Å². The lowest BCUT2D eigenvalue weighted by molar-refractivity contribution is 0.0978. The molecule has 11 heteroatoms. The summed E-state index contributed by atoms with van der Waals surface area (Å²) in [6.07, 6.45) is 1.08. The van der Waals surface area contributed by atoms with Crippen LogP contribution in [0.25, 0.3) is 11.3 Å². The second-order valence-corrected chi connectivity index (χ2v) is 11.2. The Morgan fingerprint density at radius 2 is 1.73 bits per heavy atom. The Morgan fingerprint density at radius 1 is 1.02 bits per heavy atom. The van der Waals surface area contributed by atoms with Crippen LogP contribution in [0.15, 0.2) is 70.5 Å². The summed E-state index contributed by atoms with van der Waals surface area (Å²) in [4.78, 5) is 31.4. The van der Waals surface area contributed by atoms with Crippen molar-refractivity contribution in [1.82, 2.24) is 14.7 Å². The predicted octanol–water partition coefficient (Wildman–Crippen LogP) is 5.20. The highest BCUT2D eigenvalue weighted by molar-refractivity contribution is 7.90. The van der Waals surface area contributed by atoms with E-state index in [0.29, 0.717) is 17.1 Å². The highest BCUT2D eigenvalue weighted by Gasteiger charge is 2.25. The van der Waals surface area contributed by atoms with Gasteiger partial charge in [-0.2, -0.15) is 0 Å². The highest BCUT2D eigenvalue weighted by atomic mass is 32.2. The predicted molar refractivity (Wildman–Crippen MR) is 148 cm³/mol. The van der Waals surface area contributed by atoms with Crippen molar-refractivity contribution in [3.8, 4) is 28.6 Å². The molecule has 0 spiro atoms. The number of pyridine rings is 2. The number of hydrogen-bond acceptors (Lipinski definition) is 7. The molecule has 0 saturated carbocycles. The van der Waals surface area contributed by atoms with E-state index in [4.69, 9.17) is 9.47 Å². The molecule has 2 aromatic carbocycles. The zero-order valence-electron chi connectivity index (χ0n) is 22.5. The van der Waals surface area contributed by atoms with Crippen molar-refractivity contribution in [3.05, 3.63) is 99.2 Å². The summed E-state index contributed by atoms with van der Waals surface area (Å²) in [5, 5.41) is 0. The third-order valence-electron chi connectivity index (χ3n) is 5.75. The molecule has 4 rings (SSSR count). The standard InChI is InChI=1S/C29H28FN3O6S/c1-16(2)38-22-14-20(13-21(30)15-22)24-9-8-23(27(34)33-40(36,37)25-7-6-10-31-28(25)35)29(32-24)39-26-18(4)11-17(3)12-19(26)5/h6-16H,1-5H3,(H,31,35)(H,33,34). The smallest absolute Gasteiger partial charge is 0.270 e. The second kappa shape index (κ2) is 11.3. The Kier molecular flexibility index (Phi) is 8.06. The Labute approximate surface area is 231 Å². The van der Waals surface area contributed by atoms with Crippen LogP contribution >= 0.6 is 0 Å². The molecule has 0 unspecified atom stereocenters. The summed E-state index contributed by atoms with van der Waals surface area (Å²) in [5.41, 5.74) is 2.03. The quantitative estimate of drug-likeness (QED) is 0.301. The molecule has 0 aliphatic heterocycles. The first-order chi connectivity index (χ1) is 18.8. The van der Waals surface area contributed by atoms with Gasteiger partial charge in [-0.1, -0.05) is 17.7 Å². The van der Waals surface area contributed by atoms with Crippen molar-refractivity contribution in [2.24, 2.45) is 0 Å². The zero-order valence-corrected chi connectivity index (χ0v) is 23.4. The summed E-state index contributed by atoms with van der Waals surface area (Å²) < 4.78 is 53.8. The van der Waals surface area contributed by atoms with Gasteiger partial charge in [-0.3, -0.25) is 9.59 Å². The number of ether oxygens (including phenoxy) is 2. The summed E-state index contributed by atoms with van der Waals surface area (Å²) in [7, 11) is -4.53. The van der Waals surface area contributed by atoms with Crippen LogP contribution in [0.3, 0.4) is 0 Å². The van der Waals surface area contributed by atoms with Crippen LogP contribution in [0.4, 0.5) is 4.39 Å². The molecule has 2 aromatic heterocycles. The lowest BCUT2D eigenvalue weighted by Gasteiger charge is -2.16. The monoisotopic (exact) mass is 565 g/mol. The van der Waals surface area contributed by atoms with E-state index in [1.807, 2.05) is 51.5 Å². The van der Waals surface area contributed by atoms with Gasteiger partial charge in [-0.25, -0.2) is 22.5 Å². The van der Waals surface area contributed by atoms with Gasteiger partial charge < -0.3 is 14.5 Å². The Bertz CT molecular complexity index is 1740. The topological polar surface area (TPSA) is 127 Å². The number of aromatic nitrogens is 2. The molecule has 0 radical (unpaired) electrons. The van der Waals surface area contributed by atoms with E-state index >= 15 is 0 Å². The van der Waals surface area contributed by atoms with Crippen molar-refractivity contribution in [2.75, 3.05) is 0 Å². The van der Waals surface area contributed by atoms with Crippen molar-refractivity contribution in [2.45, 2.75) is 45.6 Å². The summed E-state index contributed by atoms with van der Waals surface area (Å²) in [6.45, 7) is 9.20. The number of hydrogen-bond donors (Lipinski definition) is 2. The molecule has 40 heavy (non-hydrogen) atoms. The number of benzene rings is 2. The van der Waals surface area contributed by atoms with E-state index in [-0.39, 0.29) is 23.2 Å². The SMILES string of the molecule is Cc1cc(C)c(Oc2nc(-c3cc(F)cc(OC(C)C)c3)ccc2C(=O)NS(=O)(=O)c2ccc[nH]c2=O)c(C)c1. The van der Waals surface area contributed by atoms with E-state index in [9.17, 15) is 22.4 Å². The van der Waals surface area contributed by atoms with Gasteiger partial charge in [0.2, 0.25) is 5.88 Å². The van der Waals surface area contributed by atoms with Gasteiger partial charge >= 0.3 is 0 Å². The molecular formula is C29H28FN3O6S. The van der Waals surface area contributed by atoms with Crippen LogP contribution < -0.4 is 19.8 Å². The van der Waals surface area contributed by atoms with Gasteiger partial charge in [0, 0.05) is 17.8 Å². The zero-order chi connectivity index (χ0) is 29.2. The van der Waals surface area contributed by atoms with Crippen LogP contribution in [0.2, 0.25) is 0 Å². The van der Waals surface area contributed by atoms with Crippen molar-refractivity contribution in [3.63, 3.8) is 0 Å². The third-order valence-corrected chi connectivity index (χ3v) is 7.10. The average Bonchev–Trinajstić information content (AvgIpc) is 2.85. The Morgan fingerprint density at radius 3 is 2.38 bits per heavy atom. The van der Waals surface area contributed by atoms with Crippen molar-refractivity contribution >= 4 is 15.9 Å². The molecular weight excluding hydrogens is 537 g/mol. The molecule has 0 atom stereocenters. The number of amides is 1. The minimum absolute atomic E-state index is 0.195. The van der Waals surface area contributed by atoms with Crippen molar-refractivity contribution < 1.29 is 27.1 Å². The number of aromatic amines is 1. The number of sulfonamides is 1. The minimum Gasteiger partial charge on any atom is -0.491 e. The van der Waals surface area contributed by atoms with E-state index in [1.165, 1.54) is 36.5 Å². The molecule has 4 aromatic rings. The second-order valence-electron chi connectivity index (χ2n) is 9.52. The molecule has 208 valence electrons. The first-order valence-electron chi connectivity index (χ1n) is 12.3. The van der Waals surface area contributed by atoms with Gasteiger partial charge in [-0.05, 0) is 82.1 Å². The number of H-pyrrole nitrogens is 1. The first-order valence-corrected chi connectivity index (χ1v) is 13.8. The molecule has 2 N–H and O–H groups in total. The van der Waals surface area contributed by atoms with Gasteiger partial charge in [0.05, 0.1) is 11.8 Å². The molecule has 2 heterocycles. The van der Waals surface area contributed by atoms with Crippen LogP contribution in [-0.2, 0) is 10.0 Å². The number of carbonyl (C=O) groups excluding carboxylic acids is 1. The summed E-state index contributed by atoms with van der Waals surface area (Å²) in [6, 6.07) is 13.0. The van der Waals surface area contributed by atoms with Gasteiger partial charge in [-0.15, -0.1) is 0 Å². The minimum atomic E-state index is -4.53. The van der Waals surface area contributed by atoms with Gasteiger partial charge in [0.1, 0.15) is 22.9 Å². The van der Waals surface area contributed by atoms with Crippen LogP contribution in [0, 0.1) is 26.6 Å². The van der Waals surface area contributed by atoms with Crippen molar-refractivity contribution in [1.29, 1.82) is 0 Å². The lowest BCUT2D eigenvalue weighted by atomic mass is 10.1. The third kappa shape index (κ3) is 6.37. The fourth-order valence-corrected chi connectivity index (χ4v) is 5.20. The maximum Gasteiger partial charge on any atom is 0.270 e. The first kappa shape index (κ1) is 28.5. The molecule has 0 aliphatic carbocycles. The van der Waals surface area contributed by atoms with E-state index < -0.39 is 32.2 Å². The Hall–Kier alpha value is -4.51. The number of rotatable bonds is 8. The Balaban J connectivity index is 1.81. The number of aryl methyl sites for hydroxylation is 3. The van der Waals surface area contributed by atoms with Gasteiger partial charge in [0.25, 0.3) is 21.5 Å². The number of nitrogens with zero attached hydrogens (tertiary/aromatic N) is 1. The lowest BCUT2D eigenvalue weighted by Crippen LogP contribution is -2.34. The number of nitrogens with one attached hydrogen (secondary N) is 2. The summed E-state index contributed by atoms with van der Waals surface area (Å²) in [5.74, 6) is -1.11. The van der Waals surface area contributed by atoms with Crippen LogP contribution in [0.1, 0.15) is 40.9 Å². The normalized spacial score (nSPS) is 11.4. The molecule has 0 fully saturated rings. The molecule has 0 bridgehead atoms. The van der Waals surface area contributed by atoms with Crippen LogP contribution in [0.5, 0.6) is 17.4 Å². The fourth-order valence-electron chi connectivity index (χ4n) is 4.18. The average molecular weight is 566 g/mol.